The molecule has 1 N–H and O–H groups in total. The largest absolute Gasteiger partial charge is 0.490 e. The zero-order valence-corrected chi connectivity index (χ0v) is 11.5. The number of carboxylic acid groups (broad SMARTS) is 1. The van der Waals surface area contributed by atoms with Crippen LogP contribution in [0.2, 0.25) is 0 Å². The van der Waals surface area contributed by atoms with Crippen molar-refractivity contribution in [1.82, 2.24) is 0 Å². The van der Waals surface area contributed by atoms with Gasteiger partial charge in [-0.05, 0) is 36.8 Å². The number of para-hydroxylation sites is 1. The molecule has 0 atom stereocenters. The summed E-state index contributed by atoms with van der Waals surface area (Å²) in [5.74, 6) is -0.798. The van der Waals surface area contributed by atoms with Crippen molar-refractivity contribution in [2.24, 2.45) is 0 Å². The Morgan fingerprint density at radius 2 is 1.76 bits per heavy atom. The molecular formula is C16H15FO4. The highest BCUT2D eigenvalue weighted by molar-refractivity contribution is 5.88. The Hall–Kier alpha value is -2.56. The molecule has 4 nitrogen and oxygen atoms in total. The lowest BCUT2D eigenvalue weighted by molar-refractivity contribution is 0.0696. The van der Waals surface area contributed by atoms with Gasteiger partial charge in [0.1, 0.15) is 19.0 Å². The molecule has 0 unspecified atom stereocenters. The van der Waals surface area contributed by atoms with Gasteiger partial charge in [0.2, 0.25) is 0 Å². The third-order valence-corrected chi connectivity index (χ3v) is 2.87. The highest BCUT2D eigenvalue weighted by atomic mass is 19.1. The normalized spacial score (nSPS) is 10.2. The first kappa shape index (κ1) is 14.8. The van der Waals surface area contributed by atoms with Gasteiger partial charge in [-0.1, -0.05) is 18.2 Å². The highest BCUT2D eigenvalue weighted by Crippen LogP contribution is 2.20. The lowest BCUT2D eigenvalue weighted by atomic mass is 10.1. The fourth-order valence-electron chi connectivity index (χ4n) is 1.75. The number of halogens is 1. The van der Waals surface area contributed by atoms with Crippen molar-refractivity contribution in [1.29, 1.82) is 0 Å². The van der Waals surface area contributed by atoms with E-state index in [1.165, 1.54) is 24.3 Å². The smallest absolute Gasteiger partial charge is 0.335 e. The third kappa shape index (κ3) is 3.95. The van der Waals surface area contributed by atoms with E-state index in [1.54, 1.807) is 18.2 Å². The summed E-state index contributed by atoms with van der Waals surface area (Å²) in [4.78, 5) is 10.9. The summed E-state index contributed by atoms with van der Waals surface area (Å²) in [5, 5.41) is 8.93. The van der Waals surface area contributed by atoms with Gasteiger partial charge in [-0.25, -0.2) is 9.18 Å². The SMILES string of the molecule is Cc1ccc(C(=O)O)cc1OCCOc1ccccc1F. The van der Waals surface area contributed by atoms with Crippen LogP contribution in [0.15, 0.2) is 42.5 Å². The van der Waals surface area contributed by atoms with Crippen molar-refractivity contribution in [3.05, 3.63) is 59.4 Å². The molecule has 110 valence electrons. The molecule has 2 aromatic carbocycles. The van der Waals surface area contributed by atoms with E-state index in [1.807, 2.05) is 6.92 Å². The van der Waals surface area contributed by atoms with Gasteiger partial charge in [0, 0.05) is 0 Å². The molecular weight excluding hydrogens is 275 g/mol. The zero-order chi connectivity index (χ0) is 15.2. The molecule has 0 aliphatic carbocycles. The summed E-state index contributed by atoms with van der Waals surface area (Å²) in [5.41, 5.74) is 0.983. The summed E-state index contributed by atoms with van der Waals surface area (Å²) in [7, 11) is 0. The molecule has 0 saturated heterocycles. The second kappa shape index (κ2) is 6.74. The fourth-order valence-corrected chi connectivity index (χ4v) is 1.75. The van der Waals surface area contributed by atoms with Gasteiger partial charge in [-0.15, -0.1) is 0 Å². The second-order valence-electron chi connectivity index (χ2n) is 4.41. The minimum Gasteiger partial charge on any atom is -0.490 e. The van der Waals surface area contributed by atoms with E-state index in [0.717, 1.165) is 5.56 Å². The monoisotopic (exact) mass is 290 g/mol. The maximum Gasteiger partial charge on any atom is 0.335 e. The Kier molecular flexibility index (Phi) is 4.77. The van der Waals surface area contributed by atoms with Gasteiger partial charge < -0.3 is 14.6 Å². The first-order valence-corrected chi connectivity index (χ1v) is 6.42. The van der Waals surface area contributed by atoms with Crippen LogP contribution in [0.5, 0.6) is 11.5 Å². The summed E-state index contributed by atoms with van der Waals surface area (Å²) < 4.78 is 24.1. The lowest BCUT2D eigenvalue weighted by Crippen LogP contribution is -2.10. The average molecular weight is 290 g/mol. The predicted molar refractivity (Wildman–Crippen MR) is 75.5 cm³/mol. The van der Waals surface area contributed by atoms with Gasteiger partial charge in [-0.3, -0.25) is 0 Å². The van der Waals surface area contributed by atoms with Crippen LogP contribution in [0.1, 0.15) is 15.9 Å². The minimum absolute atomic E-state index is 0.158. The third-order valence-electron chi connectivity index (χ3n) is 2.87. The standard InChI is InChI=1S/C16H15FO4/c1-11-6-7-12(16(18)19)10-15(11)21-9-8-20-14-5-3-2-4-13(14)17/h2-7,10H,8-9H2,1H3,(H,18,19). The number of benzene rings is 2. The Balaban J connectivity index is 1.90. The zero-order valence-electron chi connectivity index (χ0n) is 11.5. The number of rotatable bonds is 6. The maximum absolute atomic E-state index is 13.3. The van der Waals surface area contributed by atoms with Crippen molar-refractivity contribution in [2.45, 2.75) is 6.92 Å². The van der Waals surface area contributed by atoms with E-state index in [4.69, 9.17) is 14.6 Å². The van der Waals surface area contributed by atoms with Crippen molar-refractivity contribution in [3.8, 4) is 11.5 Å². The summed E-state index contributed by atoms with van der Waals surface area (Å²) in [6.07, 6.45) is 0. The van der Waals surface area contributed by atoms with E-state index in [2.05, 4.69) is 0 Å². The topological polar surface area (TPSA) is 55.8 Å². The van der Waals surface area contributed by atoms with Gasteiger partial charge >= 0.3 is 5.97 Å². The minimum atomic E-state index is -1.01. The molecule has 0 bridgehead atoms. The molecule has 0 fully saturated rings. The Labute approximate surface area is 121 Å². The van der Waals surface area contributed by atoms with Gasteiger partial charge in [-0.2, -0.15) is 0 Å². The molecule has 21 heavy (non-hydrogen) atoms. The van der Waals surface area contributed by atoms with E-state index >= 15 is 0 Å². The average Bonchev–Trinajstić information content (AvgIpc) is 2.46. The Morgan fingerprint density at radius 1 is 1.10 bits per heavy atom. The van der Waals surface area contributed by atoms with Crippen LogP contribution >= 0.6 is 0 Å². The molecule has 5 heteroatoms. The predicted octanol–water partition coefficient (Wildman–Crippen LogP) is 3.29. The molecule has 0 amide bonds. The summed E-state index contributed by atoms with van der Waals surface area (Å²) >= 11 is 0. The fraction of sp³-hybridized carbons (Fsp3) is 0.188. The van der Waals surface area contributed by atoms with E-state index in [0.29, 0.717) is 5.75 Å². The van der Waals surface area contributed by atoms with Crippen LogP contribution in [-0.2, 0) is 0 Å². The quantitative estimate of drug-likeness (QED) is 0.829. The van der Waals surface area contributed by atoms with Crippen molar-refractivity contribution in [3.63, 3.8) is 0 Å². The number of hydrogen-bond acceptors (Lipinski definition) is 3. The molecule has 0 aromatic heterocycles. The van der Waals surface area contributed by atoms with Crippen LogP contribution in [0.4, 0.5) is 4.39 Å². The second-order valence-corrected chi connectivity index (χ2v) is 4.41. The molecule has 0 aliphatic rings. The number of aryl methyl sites for hydroxylation is 1. The van der Waals surface area contributed by atoms with Crippen LogP contribution in [0.25, 0.3) is 0 Å². The van der Waals surface area contributed by atoms with Crippen LogP contribution in [0.3, 0.4) is 0 Å². The lowest BCUT2D eigenvalue weighted by Gasteiger charge is -2.11. The van der Waals surface area contributed by atoms with Gasteiger partial charge in [0.15, 0.2) is 11.6 Å². The van der Waals surface area contributed by atoms with Crippen molar-refractivity contribution in [2.75, 3.05) is 13.2 Å². The Bertz CT molecular complexity index is 640. The molecule has 0 heterocycles. The number of carboxylic acids is 1. The van der Waals surface area contributed by atoms with E-state index < -0.39 is 11.8 Å². The Morgan fingerprint density at radius 3 is 2.43 bits per heavy atom. The highest BCUT2D eigenvalue weighted by Gasteiger charge is 2.07. The molecule has 0 aliphatic heterocycles. The summed E-state index contributed by atoms with van der Waals surface area (Å²) in [6.45, 7) is 2.18. The van der Waals surface area contributed by atoms with Gasteiger partial charge in [0.25, 0.3) is 0 Å². The van der Waals surface area contributed by atoms with Gasteiger partial charge in [0.05, 0.1) is 5.56 Å². The van der Waals surface area contributed by atoms with Crippen molar-refractivity contribution < 1.29 is 23.8 Å². The van der Waals surface area contributed by atoms with E-state index in [9.17, 15) is 9.18 Å². The first-order chi connectivity index (χ1) is 10.1. The van der Waals surface area contributed by atoms with Crippen LogP contribution < -0.4 is 9.47 Å². The van der Waals surface area contributed by atoms with Crippen LogP contribution in [-0.4, -0.2) is 24.3 Å². The summed E-state index contributed by atoms with van der Waals surface area (Å²) in [6, 6.07) is 10.8. The molecule has 0 saturated carbocycles. The number of carbonyl (C=O) groups is 1. The molecule has 0 radical (unpaired) electrons. The first-order valence-electron chi connectivity index (χ1n) is 6.42. The molecule has 2 rings (SSSR count). The number of aromatic carboxylic acids is 1. The molecule has 0 spiro atoms. The number of ether oxygens (including phenoxy) is 2. The maximum atomic E-state index is 13.3. The van der Waals surface area contributed by atoms with E-state index in [-0.39, 0.29) is 24.5 Å². The number of hydrogen-bond donors (Lipinski definition) is 1. The van der Waals surface area contributed by atoms with Crippen molar-refractivity contribution >= 4 is 5.97 Å². The molecule has 2 aromatic rings. The van der Waals surface area contributed by atoms with Crippen LogP contribution in [0, 0.1) is 12.7 Å².